The first kappa shape index (κ1) is 20.2. The molecule has 1 aromatic carbocycles. The van der Waals surface area contributed by atoms with Crippen molar-refractivity contribution in [1.82, 2.24) is 10.2 Å². The van der Waals surface area contributed by atoms with Crippen LogP contribution < -0.4 is 5.32 Å². The summed E-state index contributed by atoms with van der Waals surface area (Å²) in [5.74, 6) is -2.99. The predicted molar refractivity (Wildman–Crippen MR) is 95.2 cm³/mol. The summed E-state index contributed by atoms with van der Waals surface area (Å²) >= 11 is 0. The average molecular weight is 404 g/mol. The Morgan fingerprint density at radius 2 is 1.83 bits per heavy atom. The number of esters is 1. The van der Waals surface area contributed by atoms with E-state index >= 15 is 0 Å². The lowest BCUT2D eigenvalue weighted by molar-refractivity contribution is -0.151. The van der Waals surface area contributed by atoms with E-state index in [2.05, 4.69) is 5.32 Å². The molecule has 0 saturated carbocycles. The molecule has 10 heteroatoms. The summed E-state index contributed by atoms with van der Waals surface area (Å²) in [6, 6.07) is 6.47. The van der Waals surface area contributed by atoms with Crippen LogP contribution in [0.15, 0.2) is 47.3 Å². The van der Waals surface area contributed by atoms with Crippen molar-refractivity contribution in [2.75, 3.05) is 26.6 Å². The van der Waals surface area contributed by atoms with Gasteiger partial charge in [0, 0.05) is 12.6 Å². The van der Waals surface area contributed by atoms with Gasteiger partial charge in [-0.1, -0.05) is 12.1 Å². The maximum Gasteiger partial charge on any atom is 0.337 e. The second-order valence-electron chi connectivity index (χ2n) is 6.15. The number of amides is 2. The van der Waals surface area contributed by atoms with Crippen molar-refractivity contribution in [3.63, 3.8) is 0 Å². The number of nitrogens with one attached hydrogen (secondary N) is 1. The number of rotatable bonds is 8. The van der Waals surface area contributed by atoms with Crippen LogP contribution in [0.2, 0.25) is 0 Å². The minimum atomic E-state index is -1.33. The Morgan fingerprint density at radius 1 is 1.17 bits per heavy atom. The van der Waals surface area contributed by atoms with Crippen LogP contribution in [-0.4, -0.2) is 60.4 Å². The Kier molecular flexibility index (Phi) is 6.03. The van der Waals surface area contributed by atoms with E-state index in [0.717, 1.165) is 4.90 Å². The average Bonchev–Trinajstić information content (AvgIpc) is 2.97. The Hall–Kier alpha value is -3.53. The molecule has 2 aliphatic rings. The lowest BCUT2D eigenvalue weighted by atomic mass is 10.0. The molecule has 0 fully saturated rings. The smallest absolute Gasteiger partial charge is 0.337 e. The molecule has 9 nitrogen and oxygen atoms in total. The fraction of sp³-hybridized carbons (Fsp3) is 0.263. The van der Waals surface area contributed by atoms with Gasteiger partial charge >= 0.3 is 11.9 Å². The van der Waals surface area contributed by atoms with Crippen molar-refractivity contribution < 1.29 is 38.1 Å². The zero-order chi connectivity index (χ0) is 21.0. The third kappa shape index (κ3) is 4.16. The first-order valence-electron chi connectivity index (χ1n) is 8.61. The molecule has 0 aromatic heterocycles. The Balaban J connectivity index is 1.43. The first-order valence-corrected chi connectivity index (χ1v) is 8.61. The molecule has 0 saturated heterocycles. The van der Waals surface area contributed by atoms with Crippen molar-refractivity contribution in [2.24, 2.45) is 0 Å². The minimum Gasteiger partial charge on any atom is -0.478 e. The van der Waals surface area contributed by atoms with Gasteiger partial charge in [-0.25, -0.2) is 14.0 Å². The molecule has 1 aromatic rings. The zero-order valence-electron chi connectivity index (χ0n) is 15.1. The van der Waals surface area contributed by atoms with Crippen LogP contribution in [0.5, 0.6) is 0 Å². The van der Waals surface area contributed by atoms with E-state index in [1.807, 2.05) is 0 Å². The maximum atomic E-state index is 12.8. The number of carbonyl (C=O) groups excluding carboxylic acids is 3. The van der Waals surface area contributed by atoms with Crippen LogP contribution in [0, 0.1) is 0 Å². The number of hydrogen-bond acceptors (Lipinski definition) is 7. The van der Waals surface area contributed by atoms with Gasteiger partial charge < -0.3 is 19.9 Å². The zero-order valence-corrected chi connectivity index (χ0v) is 15.1. The molecule has 0 atom stereocenters. The number of fused-ring (bicyclic) bond motifs is 1. The molecule has 2 N–H and O–H groups in total. The molecular weight excluding hydrogens is 387 g/mol. The second-order valence-corrected chi connectivity index (χ2v) is 6.15. The van der Waals surface area contributed by atoms with Crippen molar-refractivity contribution in [2.45, 2.75) is 6.42 Å². The fourth-order valence-corrected chi connectivity index (χ4v) is 2.91. The molecule has 0 aliphatic carbocycles. The number of halogens is 1. The van der Waals surface area contributed by atoms with Crippen molar-refractivity contribution in [3.8, 4) is 0 Å². The Morgan fingerprint density at radius 3 is 2.41 bits per heavy atom. The molecule has 3 rings (SSSR count). The molecule has 0 unspecified atom stereocenters. The minimum absolute atomic E-state index is 0.00329. The molecule has 152 valence electrons. The molecular formula is C19H17FN2O7. The van der Waals surface area contributed by atoms with Gasteiger partial charge in [-0.2, -0.15) is 0 Å². The lowest BCUT2D eigenvalue weighted by Crippen LogP contribution is -2.33. The maximum absolute atomic E-state index is 12.8. The number of carboxylic acids is 1. The molecule has 0 spiro atoms. The first-order chi connectivity index (χ1) is 13.9. The van der Waals surface area contributed by atoms with Gasteiger partial charge in [-0.05, 0) is 12.1 Å². The van der Waals surface area contributed by atoms with Gasteiger partial charge in [0.1, 0.15) is 6.67 Å². The van der Waals surface area contributed by atoms with E-state index in [1.54, 1.807) is 24.3 Å². The standard InChI is InChI=1S/C19H17FN2O7/c20-8-15-14(18(25)26)7-11(9-21-15)19(27)29-10-28-6-5-22-16(23)12-3-1-2-4-13(12)17(22)24/h1-4,9,21H,5-8,10H2,(H,25,26). The van der Waals surface area contributed by atoms with E-state index in [9.17, 15) is 23.6 Å². The van der Waals surface area contributed by atoms with Crippen LogP contribution in [0.3, 0.4) is 0 Å². The van der Waals surface area contributed by atoms with E-state index < -0.39 is 37.2 Å². The van der Waals surface area contributed by atoms with Gasteiger partial charge in [0.15, 0.2) is 6.79 Å². The van der Waals surface area contributed by atoms with Gasteiger partial charge in [0.05, 0.1) is 41.1 Å². The summed E-state index contributed by atoms with van der Waals surface area (Å²) in [4.78, 5) is 48.5. The Labute approximate surface area is 164 Å². The SMILES string of the molecule is O=C(O)C1=C(CF)NC=C(C(=O)OCOCCN2C(=O)c3ccccc3C2=O)C1. The summed E-state index contributed by atoms with van der Waals surface area (Å²) in [5, 5.41) is 11.5. The fourth-order valence-electron chi connectivity index (χ4n) is 2.91. The number of hydrogen-bond donors (Lipinski definition) is 2. The summed E-state index contributed by atoms with van der Waals surface area (Å²) in [7, 11) is 0. The second kappa shape index (κ2) is 8.65. The summed E-state index contributed by atoms with van der Waals surface area (Å²) in [6.45, 7) is -1.52. The van der Waals surface area contributed by atoms with E-state index in [1.165, 1.54) is 6.20 Å². The van der Waals surface area contributed by atoms with E-state index in [4.69, 9.17) is 14.6 Å². The van der Waals surface area contributed by atoms with Crippen LogP contribution in [0.1, 0.15) is 27.1 Å². The van der Waals surface area contributed by atoms with Gasteiger partial charge in [-0.15, -0.1) is 0 Å². The topological polar surface area (TPSA) is 122 Å². The van der Waals surface area contributed by atoms with Crippen LogP contribution in [-0.2, 0) is 19.1 Å². The van der Waals surface area contributed by atoms with Crippen molar-refractivity contribution in [1.29, 1.82) is 0 Å². The van der Waals surface area contributed by atoms with Gasteiger partial charge in [-0.3, -0.25) is 14.5 Å². The molecule has 2 aliphatic heterocycles. The molecule has 0 radical (unpaired) electrons. The lowest BCUT2D eigenvalue weighted by Gasteiger charge is -2.17. The number of ether oxygens (including phenoxy) is 2. The number of aliphatic carboxylic acids is 1. The molecule has 2 amide bonds. The number of carboxylic acid groups (broad SMARTS) is 1. The van der Waals surface area contributed by atoms with E-state index in [0.29, 0.717) is 11.1 Å². The number of allylic oxidation sites excluding steroid dienone is 1. The molecule has 29 heavy (non-hydrogen) atoms. The van der Waals surface area contributed by atoms with Gasteiger partial charge in [0.2, 0.25) is 0 Å². The number of imide groups is 1. The molecule has 2 heterocycles. The van der Waals surface area contributed by atoms with Crippen molar-refractivity contribution in [3.05, 3.63) is 58.4 Å². The summed E-state index contributed by atoms with van der Waals surface area (Å²) in [5.41, 5.74) is 0.287. The number of dihydropyridines is 1. The highest BCUT2D eigenvalue weighted by Crippen LogP contribution is 2.22. The number of carbonyl (C=O) groups is 4. The van der Waals surface area contributed by atoms with Crippen molar-refractivity contribution >= 4 is 23.8 Å². The third-order valence-corrected chi connectivity index (χ3v) is 4.42. The quantitative estimate of drug-likeness (QED) is 0.285. The Bertz CT molecular complexity index is 903. The monoisotopic (exact) mass is 404 g/mol. The number of benzene rings is 1. The van der Waals surface area contributed by atoms with E-state index in [-0.39, 0.29) is 36.4 Å². The summed E-state index contributed by atoms with van der Waals surface area (Å²) < 4.78 is 22.8. The normalized spacial score (nSPS) is 15.8. The van der Waals surface area contributed by atoms with Crippen LogP contribution in [0.25, 0.3) is 0 Å². The number of alkyl halides is 1. The van der Waals surface area contributed by atoms with Gasteiger partial charge in [0.25, 0.3) is 11.8 Å². The van der Waals surface area contributed by atoms with Crippen LogP contribution in [0.4, 0.5) is 4.39 Å². The van der Waals surface area contributed by atoms with Crippen LogP contribution >= 0.6 is 0 Å². The number of nitrogens with zero attached hydrogens (tertiary/aromatic N) is 1. The molecule has 0 bridgehead atoms. The largest absolute Gasteiger partial charge is 0.478 e. The third-order valence-electron chi connectivity index (χ3n) is 4.42. The highest BCUT2D eigenvalue weighted by atomic mass is 19.1. The predicted octanol–water partition coefficient (Wildman–Crippen LogP) is 0.985. The highest BCUT2D eigenvalue weighted by Gasteiger charge is 2.34. The highest BCUT2D eigenvalue weighted by molar-refractivity contribution is 6.21. The summed E-state index contributed by atoms with van der Waals surface area (Å²) in [6.07, 6.45) is 0.901.